The Kier molecular flexibility index (Phi) is 6.61. The summed E-state index contributed by atoms with van der Waals surface area (Å²) in [6, 6.07) is 5.55. The highest BCUT2D eigenvalue weighted by Crippen LogP contribution is 2.48. The minimum Gasteiger partial charge on any atom is -0.493 e. The molecule has 2 fully saturated rings. The van der Waals surface area contributed by atoms with Crippen molar-refractivity contribution in [3.63, 3.8) is 0 Å². The molecule has 0 aromatic heterocycles. The molecule has 178 valence electrons. The molecule has 2 heterocycles. The fourth-order valence-corrected chi connectivity index (χ4v) is 5.29. The maximum atomic E-state index is 13.4. The number of allylic oxidation sites excluding steroid dienone is 1. The van der Waals surface area contributed by atoms with E-state index >= 15 is 0 Å². The Hall–Kier alpha value is -2.67. The van der Waals surface area contributed by atoms with Crippen molar-refractivity contribution in [1.82, 2.24) is 0 Å². The van der Waals surface area contributed by atoms with Gasteiger partial charge in [0, 0.05) is 30.4 Å². The van der Waals surface area contributed by atoms with Gasteiger partial charge in [-0.15, -0.1) is 0 Å². The second kappa shape index (κ2) is 9.29. The van der Waals surface area contributed by atoms with Crippen molar-refractivity contribution < 1.29 is 28.5 Å². The number of benzene rings is 1. The van der Waals surface area contributed by atoms with Crippen molar-refractivity contribution in [2.75, 3.05) is 27.4 Å². The third-order valence-corrected chi connectivity index (χ3v) is 6.77. The molecular weight excluding hydrogens is 422 g/mol. The SMILES string of the molecule is COc1ccc([C@H]2C(C(=O)OC[C@H]3CCCO3)=C(C)N=C3CC(C)(C)CC(=O)[C@@H]32)cc1OC. The van der Waals surface area contributed by atoms with Crippen LogP contribution in [0.2, 0.25) is 0 Å². The van der Waals surface area contributed by atoms with E-state index in [2.05, 4.69) is 13.8 Å². The standard InChI is InChI=1S/C26H33NO6/c1-15-22(25(29)33-14-17-7-6-10-32-17)23(16-8-9-20(30-4)21(11-16)31-5)24-18(27-15)12-26(2,3)13-19(24)28/h8-9,11,17,23-24H,6-7,10,12-14H2,1-5H3/t17-,23+,24-/m1/s1. The van der Waals surface area contributed by atoms with Gasteiger partial charge in [-0.3, -0.25) is 9.79 Å². The van der Waals surface area contributed by atoms with E-state index in [-0.39, 0.29) is 23.9 Å². The molecule has 1 aliphatic carbocycles. The number of ether oxygens (including phenoxy) is 4. The molecule has 1 saturated carbocycles. The van der Waals surface area contributed by atoms with Gasteiger partial charge in [0.25, 0.3) is 0 Å². The van der Waals surface area contributed by atoms with Gasteiger partial charge >= 0.3 is 5.97 Å². The number of aliphatic imine (C=N–C) groups is 1. The number of methoxy groups -OCH3 is 2. The van der Waals surface area contributed by atoms with Crippen LogP contribution in [0.25, 0.3) is 0 Å². The number of hydrogen-bond donors (Lipinski definition) is 0. The second-order valence-corrected chi connectivity index (χ2v) is 9.89. The zero-order valence-electron chi connectivity index (χ0n) is 20.1. The summed E-state index contributed by atoms with van der Waals surface area (Å²) in [5, 5.41) is 0. The lowest BCUT2D eigenvalue weighted by atomic mass is 9.63. The Morgan fingerprint density at radius 3 is 2.58 bits per heavy atom. The number of esters is 1. The van der Waals surface area contributed by atoms with Crippen molar-refractivity contribution in [2.45, 2.75) is 58.5 Å². The lowest BCUT2D eigenvalue weighted by Gasteiger charge is -2.41. The van der Waals surface area contributed by atoms with E-state index in [1.54, 1.807) is 14.2 Å². The lowest BCUT2D eigenvalue weighted by Crippen LogP contribution is -2.44. The average molecular weight is 456 g/mol. The fraction of sp³-hybridized carbons (Fsp3) is 0.577. The summed E-state index contributed by atoms with van der Waals surface area (Å²) in [5.41, 5.74) is 2.52. The number of Topliss-reactive ketones (excluding diaryl/α,β-unsaturated/α-hetero) is 1. The van der Waals surface area contributed by atoms with E-state index in [1.165, 1.54) is 0 Å². The molecule has 4 rings (SSSR count). The molecule has 0 bridgehead atoms. The first-order valence-electron chi connectivity index (χ1n) is 11.6. The Morgan fingerprint density at radius 1 is 1.15 bits per heavy atom. The Bertz CT molecular complexity index is 1000. The average Bonchev–Trinajstić information content (AvgIpc) is 3.28. The molecule has 2 aliphatic heterocycles. The van der Waals surface area contributed by atoms with E-state index in [4.69, 9.17) is 23.9 Å². The molecule has 0 spiro atoms. The molecule has 3 atom stereocenters. The molecule has 3 aliphatic rings. The molecule has 0 amide bonds. The highest BCUT2D eigenvalue weighted by molar-refractivity contribution is 6.12. The van der Waals surface area contributed by atoms with Crippen molar-refractivity contribution in [3.8, 4) is 11.5 Å². The minimum atomic E-state index is -0.495. The van der Waals surface area contributed by atoms with Crippen LogP contribution in [-0.4, -0.2) is 51.0 Å². The van der Waals surface area contributed by atoms with Crippen molar-refractivity contribution in [2.24, 2.45) is 16.3 Å². The number of hydrogen-bond acceptors (Lipinski definition) is 7. The number of rotatable bonds is 6. The first kappa shape index (κ1) is 23.5. The smallest absolute Gasteiger partial charge is 0.336 e. The van der Waals surface area contributed by atoms with Crippen LogP contribution in [0, 0.1) is 11.3 Å². The molecule has 0 unspecified atom stereocenters. The summed E-state index contributed by atoms with van der Waals surface area (Å²) in [6.07, 6.45) is 2.93. The third kappa shape index (κ3) is 4.69. The van der Waals surface area contributed by atoms with Crippen molar-refractivity contribution >= 4 is 17.5 Å². The summed E-state index contributed by atoms with van der Waals surface area (Å²) >= 11 is 0. The Morgan fingerprint density at radius 2 is 1.91 bits per heavy atom. The van der Waals surface area contributed by atoms with Crippen LogP contribution in [-0.2, 0) is 19.1 Å². The summed E-state index contributed by atoms with van der Waals surface area (Å²) < 4.78 is 22.2. The van der Waals surface area contributed by atoms with Crippen LogP contribution in [0.3, 0.4) is 0 Å². The maximum Gasteiger partial charge on any atom is 0.336 e. The van der Waals surface area contributed by atoms with E-state index in [0.717, 1.165) is 24.1 Å². The molecule has 1 aromatic carbocycles. The van der Waals surface area contributed by atoms with Crippen LogP contribution in [0.5, 0.6) is 11.5 Å². The Labute approximate surface area is 195 Å². The highest BCUT2D eigenvalue weighted by atomic mass is 16.6. The molecular formula is C26H33NO6. The van der Waals surface area contributed by atoms with Gasteiger partial charge in [0.15, 0.2) is 11.5 Å². The highest BCUT2D eigenvalue weighted by Gasteiger charge is 2.48. The van der Waals surface area contributed by atoms with Crippen molar-refractivity contribution in [1.29, 1.82) is 0 Å². The van der Waals surface area contributed by atoms with E-state index in [0.29, 0.717) is 42.2 Å². The van der Waals surface area contributed by atoms with Crippen LogP contribution >= 0.6 is 0 Å². The number of carbonyl (C=O) groups excluding carboxylic acids is 2. The minimum absolute atomic E-state index is 0.0749. The lowest BCUT2D eigenvalue weighted by molar-refractivity contribution is -0.142. The van der Waals surface area contributed by atoms with E-state index in [1.807, 2.05) is 25.1 Å². The van der Waals surface area contributed by atoms with Gasteiger partial charge in [-0.25, -0.2) is 4.79 Å². The molecule has 7 nitrogen and oxygen atoms in total. The summed E-state index contributed by atoms with van der Waals surface area (Å²) in [6.45, 7) is 6.89. The first-order chi connectivity index (χ1) is 15.7. The maximum absolute atomic E-state index is 13.4. The normalized spacial score (nSPS) is 26.5. The quantitative estimate of drug-likeness (QED) is 0.597. The number of ketones is 1. The third-order valence-electron chi connectivity index (χ3n) is 6.77. The molecule has 0 radical (unpaired) electrons. The van der Waals surface area contributed by atoms with Gasteiger partial charge in [-0.05, 0) is 49.3 Å². The summed E-state index contributed by atoms with van der Waals surface area (Å²) in [5.74, 6) is -0.189. The fourth-order valence-electron chi connectivity index (χ4n) is 5.29. The number of nitrogens with zero attached hydrogens (tertiary/aromatic N) is 1. The largest absolute Gasteiger partial charge is 0.493 e. The van der Waals surface area contributed by atoms with Gasteiger partial charge in [-0.2, -0.15) is 0 Å². The number of fused-ring (bicyclic) bond motifs is 1. The summed E-state index contributed by atoms with van der Waals surface area (Å²) in [4.78, 5) is 31.6. The van der Waals surface area contributed by atoms with Gasteiger partial charge < -0.3 is 18.9 Å². The van der Waals surface area contributed by atoms with Crippen LogP contribution in [0.4, 0.5) is 0 Å². The van der Waals surface area contributed by atoms with Gasteiger partial charge in [0.1, 0.15) is 12.4 Å². The topological polar surface area (TPSA) is 83.4 Å². The second-order valence-electron chi connectivity index (χ2n) is 9.89. The molecule has 7 heteroatoms. The predicted molar refractivity (Wildman–Crippen MR) is 124 cm³/mol. The number of carbonyl (C=O) groups is 2. The molecule has 0 N–H and O–H groups in total. The first-order valence-corrected chi connectivity index (χ1v) is 11.6. The van der Waals surface area contributed by atoms with Crippen LogP contribution in [0.1, 0.15) is 57.9 Å². The van der Waals surface area contributed by atoms with Gasteiger partial charge in [0.05, 0.1) is 31.8 Å². The molecule has 33 heavy (non-hydrogen) atoms. The zero-order chi connectivity index (χ0) is 23.8. The van der Waals surface area contributed by atoms with Crippen LogP contribution < -0.4 is 9.47 Å². The summed E-state index contributed by atoms with van der Waals surface area (Å²) in [7, 11) is 3.15. The van der Waals surface area contributed by atoms with Crippen LogP contribution in [0.15, 0.2) is 34.5 Å². The van der Waals surface area contributed by atoms with Gasteiger partial charge in [0.2, 0.25) is 0 Å². The van der Waals surface area contributed by atoms with E-state index < -0.39 is 17.8 Å². The predicted octanol–water partition coefficient (Wildman–Crippen LogP) is 4.24. The molecule has 1 saturated heterocycles. The van der Waals surface area contributed by atoms with Crippen molar-refractivity contribution in [3.05, 3.63) is 35.0 Å². The Balaban J connectivity index is 1.76. The van der Waals surface area contributed by atoms with E-state index in [9.17, 15) is 9.59 Å². The monoisotopic (exact) mass is 455 g/mol. The zero-order valence-corrected chi connectivity index (χ0v) is 20.1. The van der Waals surface area contributed by atoms with Gasteiger partial charge in [-0.1, -0.05) is 19.9 Å². The molecule has 1 aromatic rings.